The van der Waals surface area contributed by atoms with Gasteiger partial charge >= 0.3 is 12.5 Å². The maximum atomic E-state index is 12.2. The molecule has 24 heavy (non-hydrogen) atoms. The molecule has 2 amide bonds. The largest absolute Gasteiger partial charge is 0.573 e. The van der Waals surface area contributed by atoms with E-state index in [1.54, 1.807) is 0 Å². The highest BCUT2D eigenvalue weighted by molar-refractivity contribution is 5.91. The first-order valence-corrected chi connectivity index (χ1v) is 7.34. The van der Waals surface area contributed by atoms with E-state index < -0.39 is 24.1 Å². The minimum Gasteiger partial charge on any atom is -0.410 e. The summed E-state index contributed by atoms with van der Waals surface area (Å²) < 4.78 is 45.1. The summed E-state index contributed by atoms with van der Waals surface area (Å²) in [4.78, 5) is 25.0. The van der Waals surface area contributed by atoms with Gasteiger partial charge in [0.15, 0.2) is 0 Å². The number of carbonyl (C=O) groups excluding carboxylic acids is 2. The van der Waals surface area contributed by atoms with Crippen molar-refractivity contribution in [2.24, 2.45) is 0 Å². The monoisotopic (exact) mass is 346 g/mol. The van der Waals surface area contributed by atoms with Crippen molar-refractivity contribution < 1.29 is 32.2 Å². The van der Waals surface area contributed by atoms with E-state index in [-0.39, 0.29) is 11.8 Å². The van der Waals surface area contributed by atoms with Crippen LogP contribution in [0, 0.1) is 0 Å². The third-order valence-corrected chi connectivity index (χ3v) is 3.47. The summed E-state index contributed by atoms with van der Waals surface area (Å²) in [6.07, 6.45) is -4.41. The molecule has 1 aliphatic heterocycles. The Morgan fingerprint density at radius 3 is 2.17 bits per heavy atom. The van der Waals surface area contributed by atoms with Crippen LogP contribution < -0.4 is 14.8 Å². The fraction of sp³-hybridized carbons (Fsp3) is 0.467. The molecule has 0 atom stereocenters. The standard InChI is InChI=1S/C15H17F3N2O4/c1-10(21)20(11-6-8-19-9-7-11)14(22)23-12-2-4-13(5-3-12)24-15(16,17)18/h2-5,11,19H,6-9H2,1H3. The Morgan fingerprint density at radius 2 is 1.67 bits per heavy atom. The van der Waals surface area contributed by atoms with Crippen LogP contribution in [0.1, 0.15) is 19.8 Å². The number of piperidine rings is 1. The van der Waals surface area contributed by atoms with Gasteiger partial charge in [-0.25, -0.2) is 9.69 Å². The molecule has 0 unspecified atom stereocenters. The van der Waals surface area contributed by atoms with Crippen LogP contribution in [0.2, 0.25) is 0 Å². The minimum absolute atomic E-state index is 0.0229. The number of hydrogen-bond acceptors (Lipinski definition) is 5. The number of amides is 2. The van der Waals surface area contributed by atoms with Crippen LogP contribution in [0.3, 0.4) is 0 Å². The van der Waals surface area contributed by atoms with Crippen LogP contribution in [0.15, 0.2) is 24.3 Å². The zero-order chi connectivity index (χ0) is 17.7. The lowest BCUT2D eigenvalue weighted by atomic mass is 10.1. The second-order valence-electron chi connectivity index (χ2n) is 5.26. The van der Waals surface area contributed by atoms with E-state index >= 15 is 0 Å². The Labute approximate surface area is 136 Å². The summed E-state index contributed by atoms with van der Waals surface area (Å²) >= 11 is 0. The average Bonchev–Trinajstić information content (AvgIpc) is 2.48. The Hall–Kier alpha value is -2.29. The molecule has 0 aliphatic carbocycles. The Balaban J connectivity index is 2.02. The van der Waals surface area contributed by atoms with E-state index in [1.165, 1.54) is 19.1 Å². The van der Waals surface area contributed by atoms with Crippen molar-refractivity contribution in [3.63, 3.8) is 0 Å². The molecule has 1 aliphatic rings. The molecule has 1 aromatic rings. The number of nitrogens with zero attached hydrogens (tertiary/aromatic N) is 1. The van der Waals surface area contributed by atoms with Gasteiger partial charge in [-0.1, -0.05) is 0 Å². The number of alkyl halides is 3. The molecule has 0 radical (unpaired) electrons. The van der Waals surface area contributed by atoms with Gasteiger partial charge in [-0.3, -0.25) is 4.79 Å². The fourth-order valence-corrected chi connectivity index (χ4v) is 2.46. The number of halogens is 3. The molecule has 0 bridgehead atoms. The van der Waals surface area contributed by atoms with Crippen molar-refractivity contribution in [3.8, 4) is 11.5 Å². The maximum Gasteiger partial charge on any atom is 0.573 e. The van der Waals surface area contributed by atoms with Gasteiger partial charge in [-0.05, 0) is 50.2 Å². The molecular formula is C15H17F3N2O4. The van der Waals surface area contributed by atoms with Crippen molar-refractivity contribution in [1.29, 1.82) is 0 Å². The predicted molar refractivity (Wildman–Crippen MR) is 77.6 cm³/mol. The van der Waals surface area contributed by atoms with E-state index in [1.807, 2.05) is 0 Å². The first-order valence-electron chi connectivity index (χ1n) is 7.34. The molecule has 1 saturated heterocycles. The zero-order valence-corrected chi connectivity index (χ0v) is 12.9. The summed E-state index contributed by atoms with van der Waals surface area (Å²) in [6, 6.07) is 4.13. The van der Waals surface area contributed by atoms with Gasteiger partial charge < -0.3 is 14.8 Å². The maximum absolute atomic E-state index is 12.2. The van der Waals surface area contributed by atoms with Crippen LogP contribution >= 0.6 is 0 Å². The van der Waals surface area contributed by atoms with Gasteiger partial charge in [-0.15, -0.1) is 13.2 Å². The van der Waals surface area contributed by atoms with E-state index in [4.69, 9.17) is 4.74 Å². The number of rotatable bonds is 3. The normalized spacial score (nSPS) is 15.7. The number of ether oxygens (including phenoxy) is 2. The third kappa shape index (κ3) is 5.12. The van der Waals surface area contributed by atoms with Crippen molar-refractivity contribution in [2.45, 2.75) is 32.2 Å². The molecule has 6 nitrogen and oxygen atoms in total. The minimum atomic E-state index is -4.79. The van der Waals surface area contributed by atoms with Crippen molar-refractivity contribution in [2.75, 3.05) is 13.1 Å². The smallest absolute Gasteiger partial charge is 0.410 e. The molecule has 1 N–H and O–H groups in total. The van der Waals surface area contributed by atoms with Crippen molar-refractivity contribution in [3.05, 3.63) is 24.3 Å². The SMILES string of the molecule is CC(=O)N(C(=O)Oc1ccc(OC(F)(F)F)cc1)C1CCNCC1. The number of hydrogen-bond donors (Lipinski definition) is 1. The number of benzene rings is 1. The summed E-state index contributed by atoms with van der Waals surface area (Å²) in [7, 11) is 0. The van der Waals surface area contributed by atoms with Crippen LogP contribution in [-0.2, 0) is 4.79 Å². The van der Waals surface area contributed by atoms with Crippen LogP contribution in [0.5, 0.6) is 11.5 Å². The lowest BCUT2D eigenvalue weighted by molar-refractivity contribution is -0.274. The zero-order valence-electron chi connectivity index (χ0n) is 12.9. The molecular weight excluding hydrogens is 329 g/mol. The highest BCUT2D eigenvalue weighted by Gasteiger charge is 2.32. The Morgan fingerprint density at radius 1 is 1.12 bits per heavy atom. The van der Waals surface area contributed by atoms with Crippen molar-refractivity contribution in [1.82, 2.24) is 10.2 Å². The molecule has 1 heterocycles. The van der Waals surface area contributed by atoms with Gasteiger partial charge in [0, 0.05) is 13.0 Å². The second-order valence-corrected chi connectivity index (χ2v) is 5.26. The highest BCUT2D eigenvalue weighted by atomic mass is 19.4. The van der Waals surface area contributed by atoms with Gasteiger partial charge in [-0.2, -0.15) is 0 Å². The Kier molecular flexibility index (Phi) is 5.66. The van der Waals surface area contributed by atoms with E-state index in [2.05, 4.69) is 10.1 Å². The van der Waals surface area contributed by atoms with E-state index in [0.29, 0.717) is 25.9 Å². The summed E-state index contributed by atoms with van der Waals surface area (Å²) in [5, 5.41) is 3.13. The summed E-state index contributed by atoms with van der Waals surface area (Å²) in [6.45, 7) is 2.64. The molecule has 1 aromatic carbocycles. The lowest BCUT2D eigenvalue weighted by Gasteiger charge is -2.31. The first-order chi connectivity index (χ1) is 11.3. The van der Waals surface area contributed by atoms with Gasteiger partial charge in [0.1, 0.15) is 11.5 Å². The molecule has 2 rings (SSSR count). The highest BCUT2D eigenvalue weighted by Crippen LogP contribution is 2.25. The molecule has 132 valence electrons. The van der Waals surface area contributed by atoms with Crippen molar-refractivity contribution >= 4 is 12.0 Å². The first kappa shape index (κ1) is 18.1. The molecule has 1 fully saturated rings. The molecule has 0 saturated carbocycles. The van der Waals surface area contributed by atoms with Crippen LogP contribution in [0.4, 0.5) is 18.0 Å². The Bertz CT molecular complexity index is 583. The number of carbonyl (C=O) groups is 2. The van der Waals surface area contributed by atoms with Gasteiger partial charge in [0.05, 0.1) is 0 Å². The van der Waals surface area contributed by atoms with Crippen LogP contribution in [0.25, 0.3) is 0 Å². The number of imide groups is 1. The number of nitrogens with one attached hydrogen (secondary N) is 1. The predicted octanol–water partition coefficient (Wildman–Crippen LogP) is 2.68. The van der Waals surface area contributed by atoms with E-state index in [0.717, 1.165) is 17.0 Å². The van der Waals surface area contributed by atoms with E-state index in [9.17, 15) is 22.8 Å². The van der Waals surface area contributed by atoms with Gasteiger partial charge in [0.2, 0.25) is 5.91 Å². The third-order valence-electron chi connectivity index (χ3n) is 3.47. The molecule has 9 heteroatoms. The average molecular weight is 346 g/mol. The molecule has 0 aromatic heterocycles. The quantitative estimate of drug-likeness (QED) is 0.911. The van der Waals surface area contributed by atoms with Crippen LogP contribution in [-0.4, -0.2) is 42.4 Å². The summed E-state index contributed by atoms with van der Waals surface area (Å²) in [5.41, 5.74) is 0. The fourth-order valence-electron chi connectivity index (χ4n) is 2.46. The van der Waals surface area contributed by atoms with Gasteiger partial charge in [0.25, 0.3) is 0 Å². The lowest BCUT2D eigenvalue weighted by Crippen LogP contribution is -2.49. The summed E-state index contributed by atoms with van der Waals surface area (Å²) in [5.74, 6) is -0.845. The topological polar surface area (TPSA) is 67.9 Å². The molecule has 0 spiro atoms. The second kappa shape index (κ2) is 7.52.